The number of rotatable bonds is 15. The van der Waals surface area contributed by atoms with Crippen molar-refractivity contribution in [1.82, 2.24) is 16.0 Å². The molecule has 0 aliphatic carbocycles. The summed E-state index contributed by atoms with van der Waals surface area (Å²) in [5.41, 5.74) is 5.47. The van der Waals surface area contributed by atoms with Gasteiger partial charge in [-0.15, -0.1) is 12.6 Å². The van der Waals surface area contributed by atoms with Gasteiger partial charge in [0.05, 0.1) is 24.9 Å². The molecule has 34 heavy (non-hydrogen) atoms. The number of carboxylic acid groups (broad SMARTS) is 3. The van der Waals surface area contributed by atoms with Crippen LogP contribution in [0.5, 0.6) is 0 Å². The van der Waals surface area contributed by atoms with E-state index in [1.54, 1.807) is 13.8 Å². The summed E-state index contributed by atoms with van der Waals surface area (Å²) in [5, 5.41) is 43.6. The Morgan fingerprint density at radius 2 is 1.38 bits per heavy atom. The van der Waals surface area contributed by atoms with E-state index in [0.29, 0.717) is 0 Å². The Morgan fingerprint density at radius 1 is 0.853 bits per heavy atom. The molecule has 0 unspecified atom stereocenters. The number of aliphatic hydroxyl groups is 1. The van der Waals surface area contributed by atoms with E-state index in [4.69, 9.17) is 21.1 Å². The second kappa shape index (κ2) is 13.7. The van der Waals surface area contributed by atoms with Gasteiger partial charge in [0.2, 0.25) is 17.7 Å². The number of carbonyl (C=O) groups excluding carboxylic acids is 3. The largest absolute Gasteiger partial charge is 0.481 e. The average Bonchev–Trinajstić information content (AvgIpc) is 2.66. The van der Waals surface area contributed by atoms with E-state index < -0.39 is 89.9 Å². The van der Waals surface area contributed by atoms with Crippen molar-refractivity contribution in [2.75, 3.05) is 0 Å². The second-order valence-corrected chi connectivity index (χ2v) is 9.09. The standard InChI is InChI=1S/C19H32N4O10S/c1-8(2)15(18(32)22-11(7-14(28)29)19(3,33)34)23-17(31)10(4-5-12(24)25)21-16(30)9(20)6-13(26)27/h8-11,15,33-34H,4-7,20H2,1-3H3,(H,21,30)(H,22,32)(H,23,31)(H,24,25)(H,26,27)(H,28,29)/t9-,10-,11-,15-,19-/m0/s1. The first-order chi connectivity index (χ1) is 15.4. The zero-order valence-electron chi connectivity index (χ0n) is 19.0. The maximum absolute atomic E-state index is 12.8. The predicted molar refractivity (Wildman–Crippen MR) is 120 cm³/mol. The summed E-state index contributed by atoms with van der Waals surface area (Å²) >= 11 is 3.88. The van der Waals surface area contributed by atoms with Crippen LogP contribution in [-0.2, 0) is 28.8 Å². The monoisotopic (exact) mass is 508 g/mol. The molecule has 0 heterocycles. The Bertz CT molecular complexity index is 784. The molecule has 0 aliphatic heterocycles. The highest BCUT2D eigenvalue weighted by Crippen LogP contribution is 2.18. The number of thiol groups is 1. The minimum absolute atomic E-state index is 0.383. The van der Waals surface area contributed by atoms with E-state index in [-0.39, 0.29) is 6.42 Å². The van der Waals surface area contributed by atoms with E-state index in [1.165, 1.54) is 6.92 Å². The highest BCUT2D eigenvalue weighted by Gasteiger charge is 2.36. The van der Waals surface area contributed by atoms with Crippen LogP contribution in [0, 0.1) is 5.92 Å². The SMILES string of the molecule is CC(C)[C@H](NC(=O)[C@H](CCC(=O)O)NC(=O)[C@@H](N)CC(=O)O)C(=O)N[C@@H](CC(=O)O)[C@@](C)(O)S. The van der Waals surface area contributed by atoms with Gasteiger partial charge >= 0.3 is 17.9 Å². The summed E-state index contributed by atoms with van der Waals surface area (Å²) in [7, 11) is 0. The molecule has 9 N–H and O–H groups in total. The zero-order valence-corrected chi connectivity index (χ0v) is 19.9. The van der Waals surface area contributed by atoms with Gasteiger partial charge in [0.15, 0.2) is 0 Å². The molecule has 0 aromatic heterocycles. The summed E-state index contributed by atoms with van der Waals surface area (Å²) in [6.07, 6.45) is -2.31. The van der Waals surface area contributed by atoms with E-state index in [9.17, 15) is 33.9 Å². The first-order valence-electron chi connectivity index (χ1n) is 10.2. The van der Waals surface area contributed by atoms with Crippen molar-refractivity contribution in [3.8, 4) is 0 Å². The number of amides is 3. The van der Waals surface area contributed by atoms with Crippen LogP contribution in [0.4, 0.5) is 0 Å². The first kappa shape index (κ1) is 31.1. The molecular formula is C19H32N4O10S. The molecule has 0 aromatic rings. The van der Waals surface area contributed by atoms with Crippen LogP contribution in [-0.4, -0.2) is 85.2 Å². The van der Waals surface area contributed by atoms with E-state index in [1.807, 2.05) is 0 Å². The fraction of sp³-hybridized carbons (Fsp3) is 0.684. The van der Waals surface area contributed by atoms with Crippen molar-refractivity contribution in [3.63, 3.8) is 0 Å². The maximum Gasteiger partial charge on any atom is 0.305 e. The van der Waals surface area contributed by atoms with Gasteiger partial charge in [0.25, 0.3) is 0 Å². The van der Waals surface area contributed by atoms with Crippen molar-refractivity contribution in [3.05, 3.63) is 0 Å². The summed E-state index contributed by atoms with van der Waals surface area (Å²) < 4.78 is 0. The van der Waals surface area contributed by atoms with Crippen LogP contribution in [0.15, 0.2) is 0 Å². The molecule has 0 radical (unpaired) electrons. The Hall–Kier alpha value is -2.91. The number of carboxylic acids is 3. The third-order valence-corrected chi connectivity index (χ3v) is 4.93. The quantitative estimate of drug-likeness (QED) is 0.0854. The van der Waals surface area contributed by atoms with Crippen molar-refractivity contribution in [2.45, 2.75) is 75.6 Å². The fourth-order valence-electron chi connectivity index (χ4n) is 2.70. The summed E-state index contributed by atoms with van der Waals surface area (Å²) in [5.74, 6) is -7.31. The van der Waals surface area contributed by atoms with Crippen LogP contribution in [0.1, 0.15) is 46.5 Å². The van der Waals surface area contributed by atoms with Crippen molar-refractivity contribution >= 4 is 48.3 Å². The Labute approximate surface area is 201 Å². The van der Waals surface area contributed by atoms with Crippen molar-refractivity contribution < 1.29 is 49.2 Å². The Balaban J connectivity index is 5.60. The minimum atomic E-state index is -1.90. The lowest BCUT2D eigenvalue weighted by atomic mass is 10.00. The number of nitrogens with two attached hydrogens (primary N) is 1. The average molecular weight is 509 g/mol. The van der Waals surface area contributed by atoms with Gasteiger partial charge in [-0.1, -0.05) is 13.8 Å². The zero-order chi connectivity index (χ0) is 26.8. The fourth-order valence-corrected chi connectivity index (χ4v) is 2.86. The van der Waals surface area contributed by atoms with Crippen LogP contribution in [0.2, 0.25) is 0 Å². The van der Waals surface area contributed by atoms with Gasteiger partial charge in [-0.05, 0) is 19.3 Å². The van der Waals surface area contributed by atoms with Gasteiger partial charge in [-0.25, -0.2) is 0 Å². The first-order valence-corrected chi connectivity index (χ1v) is 10.7. The number of carbonyl (C=O) groups is 6. The highest BCUT2D eigenvalue weighted by atomic mass is 32.1. The van der Waals surface area contributed by atoms with E-state index >= 15 is 0 Å². The normalized spacial score (nSPS) is 16.3. The second-order valence-electron chi connectivity index (χ2n) is 8.18. The molecule has 0 aromatic carbocycles. The lowest BCUT2D eigenvalue weighted by Gasteiger charge is -2.31. The third-order valence-electron chi connectivity index (χ3n) is 4.61. The molecule has 0 saturated carbocycles. The van der Waals surface area contributed by atoms with Gasteiger partial charge in [0, 0.05) is 6.42 Å². The minimum Gasteiger partial charge on any atom is -0.481 e. The van der Waals surface area contributed by atoms with Crippen LogP contribution < -0.4 is 21.7 Å². The van der Waals surface area contributed by atoms with Gasteiger partial charge in [0.1, 0.15) is 17.0 Å². The van der Waals surface area contributed by atoms with Gasteiger partial charge < -0.3 is 42.1 Å². The number of hydrogen-bond donors (Lipinski definition) is 9. The molecule has 0 saturated heterocycles. The lowest BCUT2D eigenvalue weighted by molar-refractivity contribution is -0.141. The Morgan fingerprint density at radius 3 is 1.79 bits per heavy atom. The molecule has 0 spiro atoms. The van der Waals surface area contributed by atoms with Crippen LogP contribution in [0.3, 0.4) is 0 Å². The number of nitrogens with one attached hydrogen (secondary N) is 3. The third kappa shape index (κ3) is 11.8. The molecule has 14 nitrogen and oxygen atoms in total. The van der Waals surface area contributed by atoms with E-state index in [2.05, 4.69) is 28.6 Å². The number of aliphatic carboxylic acids is 3. The molecule has 5 atom stereocenters. The smallest absolute Gasteiger partial charge is 0.305 e. The molecule has 0 rings (SSSR count). The molecule has 15 heteroatoms. The van der Waals surface area contributed by atoms with E-state index in [0.717, 1.165) is 0 Å². The predicted octanol–water partition coefficient (Wildman–Crippen LogP) is -2.12. The topological polar surface area (TPSA) is 245 Å². The lowest BCUT2D eigenvalue weighted by Crippen LogP contribution is -2.59. The van der Waals surface area contributed by atoms with Crippen LogP contribution >= 0.6 is 12.6 Å². The molecule has 0 aliphatic rings. The van der Waals surface area contributed by atoms with Crippen molar-refractivity contribution in [2.24, 2.45) is 11.7 Å². The molecule has 194 valence electrons. The summed E-state index contributed by atoms with van der Waals surface area (Å²) in [4.78, 5) is 68.6. The van der Waals surface area contributed by atoms with Crippen molar-refractivity contribution in [1.29, 1.82) is 0 Å². The number of hydrogen-bond acceptors (Lipinski definition) is 9. The van der Waals surface area contributed by atoms with Crippen LogP contribution in [0.25, 0.3) is 0 Å². The molecule has 0 fully saturated rings. The molecule has 3 amide bonds. The highest BCUT2D eigenvalue weighted by molar-refractivity contribution is 7.81. The maximum atomic E-state index is 12.8. The molecular weight excluding hydrogens is 476 g/mol. The Kier molecular flexibility index (Phi) is 12.5. The summed E-state index contributed by atoms with van der Waals surface area (Å²) in [6, 6.07) is -5.55. The molecule has 0 bridgehead atoms. The van der Waals surface area contributed by atoms with Gasteiger partial charge in [-0.2, -0.15) is 0 Å². The van der Waals surface area contributed by atoms with Gasteiger partial charge in [-0.3, -0.25) is 28.8 Å². The summed E-state index contributed by atoms with van der Waals surface area (Å²) in [6.45, 7) is 4.29.